The van der Waals surface area contributed by atoms with E-state index in [0.29, 0.717) is 24.9 Å². The molecule has 2 N–H and O–H groups in total. The first kappa shape index (κ1) is 14.1. The third-order valence-electron chi connectivity index (χ3n) is 3.92. The number of nitrogens with two attached hydrogens (primary N) is 1. The Balaban J connectivity index is 1.87. The summed E-state index contributed by atoms with van der Waals surface area (Å²) < 4.78 is 0. The molecule has 104 valence electrons. The molecule has 1 unspecified atom stereocenters. The van der Waals surface area contributed by atoms with Crippen LogP contribution in [0.1, 0.15) is 37.7 Å². The number of piperidine rings is 1. The lowest BCUT2D eigenvalue weighted by atomic mass is 9.98. The number of benzene rings is 1. The largest absolute Gasteiger partial charge is 0.340 e. The average Bonchev–Trinajstić information content (AvgIpc) is 2.47. The minimum absolute atomic E-state index is 0.294. The highest BCUT2D eigenvalue weighted by atomic mass is 16.2. The molecule has 1 fully saturated rings. The number of aryl methyl sites for hydroxylation is 1. The summed E-state index contributed by atoms with van der Waals surface area (Å²) in [5.41, 5.74) is 6.89. The van der Waals surface area contributed by atoms with Gasteiger partial charge in [0.2, 0.25) is 5.91 Å². The molecule has 0 aromatic heterocycles. The molecule has 1 saturated heterocycles. The molecule has 19 heavy (non-hydrogen) atoms. The molecule has 2 rings (SSSR count). The zero-order valence-electron chi connectivity index (χ0n) is 11.6. The highest BCUT2D eigenvalue weighted by Crippen LogP contribution is 2.20. The van der Waals surface area contributed by atoms with Crippen molar-refractivity contribution in [3.63, 3.8) is 0 Å². The van der Waals surface area contributed by atoms with E-state index < -0.39 is 0 Å². The normalized spacial score (nSPS) is 19.4. The minimum atomic E-state index is 0.294. The Morgan fingerprint density at radius 2 is 2.05 bits per heavy atom. The molecular weight excluding hydrogens is 236 g/mol. The van der Waals surface area contributed by atoms with E-state index in [0.717, 1.165) is 32.2 Å². The van der Waals surface area contributed by atoms with Crippen molar-refractivity contribution >= 4 is 5.91 Å². The van der Waals surface area contributed by atoms with Crippen LogP contribution >= 0.6 is 0 Å². The van der Waals surface area contributed by atoms with Gasteiger partial charge in [0.15, 0.2) is 0 Å². The van der Waals surface area contributed by atoms with Crippen LogP contribution in [0.25, 0.3) is 0 Å². The fourth-order valence-electron chi connectivity index (χ4n) is 2.86. The number of likely N-dealkylation sites (tertiary alicyclic amines) is 1. The Hall–Kier alpha value is -1.35. The lowest BCUT2D eigenvalue weighted by Gasteiger charge is -2.35. The van der Waals surface area contributed by atoms with Crippen LogP contribution in [0.4, 0.5) is 0 Å². The van der Waals surface area contributed by atoms with Crippen molar-refractivity contribution in [2.45, 2.75) is 44.6 Å². The van der Waals surface area contributed by atoms with Gasteiger partial charge in [-0.15, -0.1) is 0 Å². The highest BCUT2D eigenvalue weighted by Gasteiger charge is 2.25. The number of hydrogen-bond acceptors (Lipinski definition) is 2. The molecule has 0 spiro atoms. The second-order valence-electron chi connectivity index (χ2n) is 5.30. The number of hydrogen-bond donors (Lipinski definition) is 1. The van der Waals surface area contributed by atoms with Gasteiger partial charge in [-0.1, -0.05) is 30.3 Å². The number of carbonyl (C=O) groups excluding carboxylic acids is 1. The average molecular weight is 260 g/mol. The summed E-state index contributed by atoms with van der Waals surface area (Å²) in [6.45, 7) is 1.59. The van der Waals surface area contributed by atoms with Crippen molar-refractivity contribution in [2.24, 2.45) is 5.73 Å². The van der Waals surface area contributed by atoms with Crippen LogP contribution in [0.2, 0.25) is 0 Å². The van der Waals surface area contributed by atoms with Crippen LogP contribution in [-0.4, -0.2) is 29.9 Å². The van der Waals surface area contributed by atoms with Gasteiger partial charge in [0.25, 0.3) is 0 Å². The van der Waals surface area contributed by atoms with Crippen molar-refractivity contribution in [3.8, 4) is 0 Å². The second kappa shape index (κ2) is 7.29. The topological polar surface area (TPSA) is 46.3 Å². The Morgan fingerprint density at radius 3 is 2.79 bits per heavy atom. The molecule has 1 heterocycles. The van der Waals surface area contributed by atoms with E-state index >= 15 is 0 Å². The zero-order valence-corrected chi connectivity index (χ0v) is 11.6. The van der Waals surface area contributed by atoms with Gasteiger partial charge >= 0.3 is 0 Å². The van der Waals surface area contributed by atoms with E-state index in [9.17, 15) is 4.79 Å². The number of nitrogens with zero attached hydrogens (tertiary/aromatic N) is 1. The van der Waals surface area contributed by atoms with Crippen LogP contribution < -0.4 is 5.73 Å². The lowest BCUT2D eigenvalue weighted by Crippen LogP contribution is -2.44. The number of amides is 1. The summed E-state index contributed by atoms with van der Waals surface area (Å²) in [6.07, 6.45) is 5.88. The molecule has 0 aliphatic carbocycles. The Labute approximate surface area is 115 Å². The van der Waals surface area contributed by atoms with E-state index in [1.54, 1.807) is 0 Å². The summed E-state index contributed by atoms with van der Waals surface area (Å²) >= 11 is 0. The third kappa shape index (κ3) is 4.06. The molecular formula is C16H24N2O. The van der Waals surface area contributed by atoms with E-state index in [1.165, 1.54) is 12.0 Å². The summed E-state index contributed by atoms with van der Waals surface area (Å²) in [5.74, 6) is 0.294. The molecule has 3 heteroatoms. The number of carbonyl (C=O) groups is 1. The van der Waals surface area contributed by atoms with Crippen molar-refractivity contribution in [2.75, 3.05) is 13.1 Å². The Bertz CT molecular complexity index is 389. The van der Waals surface area contributed by atoms with Crippen LogP contribution in [0.3, 0.4) is 0 Å². The van der Waals surface area contributed by atoms with E-state index in [4.69, 9.17) is 5.73 Å². The number of rotatable bonds is 5. The van der Waals surface area contributed by atoms with E-state index in [2.05, 4.69) is 17.0 Å². The molecule has 3 nitrogen and oxygen atoms in total. The van der Waals surface area contributed by atoms with Gasteiger partial charge in [-0.3, -0.25) is 4.79 Å². The quantitative estimate of drug-likeness (QED) is 0.883. The SMILES string of the molecule is NCCC1CCCCN1C(=O)CCc1ccccc1. The summed E-state index contributed by atoms with van der Waals surface area (Å²) in [6, 6.07) is 10.6. The maximum atomic E-state index is 12.3. The predicted octanol–water partition coefficient (Wildman–Crippen LogP) is 2.35. The molecule has 1 atom stereocenters. The second-order valence-corrected chi connectivity index (χ2v) is 5.30. The first-order valence-electron chi connectivity index (χ1n) is 7.34. The van der Waals surface area contributed by atoms with Gasteiger partial charge in [0.1, 0.15) is 0 Å². The minimum Gasteiger partial charge on any atom is -0.340 e. The van der Waals surface area contributed by atoms with Crippen LogP contribution in [-0.2, 0) is 11.2 Å². The molecule has 0 saturated carbocycles. The monoisotopic (exact) mass is 260 g/mol. The molecule has 0 bridgehead atoms. The van der Waals surface area contributed by atoms with Crippen LogP contribution in [0.15, 0.2) is 30.3 Å². The molecule has 0 radical (unpaired) electrons. The van der Waals surface area contributed by atoms with Crippen LogP contribution in [0.5, 0.6) is 0 Å². The summed E-state index contributed by atoms with van der Waals surface area (Å²) in [5, 5.41) is 0. The first-order chi connectivity index (χ1) is 9.31. The first-order valence-corrected chi connectivity index (χ1v) is 7.34. The van der Waals surface area contributed by atoms with Gasteiger partial charge in [-0.2, -0.15) is 0 Å². The lowest BCUT2D eigenvalue weighted by molar-refractivity contribution is -0.134. The van der Waals surface area contributed by atoms with Crippen molar-refractivity contribution in [1.29, 1.82) is 0 Å². The predicted molar refractivity (Wildman–Crippen MR) is 77.8 cm³/mol. The molecule has 1 aromatic carbocycles. The highest BCUT2D eigenvalue weighted by molar-refractivity contribution is 5.76. The smallest absolute Gasteiger partial charge is 0.223 e. The van der Waals surface area contributed by atoms with E-state index in [1.807, 2.05) is 18.2 Å². The van der Waals surface area contributed by atoms with Crippen LogP contribution in [0, 0.1) is 0 Å². The van der Waals surface area contributed by atoms with Crippen molar-refractivity contribution in [3.05, 3.63) is 35.9 Å². The third-order valence-corrected chi connectivity index (χ3v) is 3.92. The summed E-state index contributed by atoms with van der Waals surface area (Å²) in [7, 11) is 0. The van der Waals surface area contributed by atoms with Gasteiger partial charge < -0.3 is 10.6 Å². The molecule has 1 aliphatic heterocycles. The van der Waals surface area contributed by atoms with Gasteiger partial charge in [0.05, 0.1) is 0 Å². The maximum absolute atomic E-state index is 12.3. The zero-order chi connectivity index (χ0) is 13.5. The fraction of sp³-hybridized carbons (Fsp3) is 0.562. The van der Waals surface area contributed by atoms with Crippen molar-refractivity contribution in [1.82, 2.24) is 4.90 Å². The molecule has 1 aliphatic rings. The standard InChI is InChI=1S/C16H24N2O/c17-12-11-15-8-4-5-13-18(15)16(19)10-9-14-6-2-1-3-7-14/h1-3,6-7,15H,4-5,8-13,17H2. The molecule has 1 amide bonds. The fourth-order valence-corrected chi connectivity index (χ4v) is 2.86. The molecule has 1 aromatic rings. The van der Waals surface area contributed by atoms with Gasteiger partial charge in [0, 0.05) is 19.0 Å². The van der Waals surface area contributed by atoms with E-state index in [-0.39, 0.29) is 0 Å². The van der Waals surface area contributed by atoms with Gasteiger partial charge in [-0.25, -0.2) is 0 Å². The van der Waals surface area contributed by atoms with Crippen molar-refractivity contribution < 1.29 is 4.79 Å². The Morgan fingerprint density at radius 1 is 1.26 bits per heavy atom. The summed E-state index contributed by atoms with van der Waals surface area (Å²) in [4.78, 5) is 14.4. The Kier molecular flexibility index (Phi) is 5.40. The maximum Gasteiger partial charge on any atom is 0.223 e. The van der Waals surface area contributed by atoms with Gasteiger partial charge in [-0.05, 0) is 44.2 Å².